The summed E-state index contributed by atoms with van der Waals surface area (Å²) < 4.78 is 87.6. The van der Waals surface area contributed by atoms with Crippen molar-refractivity contribution < 1.29 is 35.8 Å². The summed E-state index contributed by atoms with van der Waals surface area (Å²) in [6, 6.07) is 11.5. The number of nitrogens with zero attached hydrogens (tertiary/aromatic N) is 2. The highest BCUT2D eigenvalue weighted by atomic mass is 32.2. The lowest BCUT2D eigenvalue weighted by atomic mass is 10.0. The van der Waals surface area contributed by atoms with Crippen LogP contribution >= 0.6 is 0 Å². The van der Waals surface area contributed by atoms with Crippen molar-refractivity contribution >= 4 is 26.6 Å². The molecule has 1 aliphatic rings. The van der Waals surface area contributed by atoms with E-state index in [1.54, 1.807) is 18.2 Å². The third kappa shape index (κ3) is 6.97. The number of methoxy groups -OCH3 is 1. The molecule has 1 fully saturated rings. The number of ether oxygens (including phenoxy) is 3. The van der Waals surface area contributed by atoms with Gasteiger partial charge in [-0.2, -0.15) is 0 Å². The van der Waals surface area contributed by atoms with Crippen molar-refractivity contribution in [2.24, 2.45) is 0 Å². The highest BCUT2D eigenvalue weighted by Crippen LogP contribution is 2.38. The molecule has 228 valence electrons. The second kappa shape index (κ2) is 13.1. The van der Waals surface area contributed by atoms with E-state index >= 15 is 4.39 Å². The predicted octanol–water partition coefficient (Wildman–Crippen LogP) is 6.90. The Hall–Kier alpha value is -4.03. The molecule has 3 aromatic carbocycles. The Bertz CT molecular complexity index is 1700. The summed E-state index contributed by atoms with van der Waals surface area (Å²) in [6.45, 7) is 4.83. The minimum absolute atomic E-state index is 0.209. The molecule has 0 radical (unpaired) electrons. The standard InChI is InChI=1S/C31H32F3N3O5S/c1-20-7-3-4-14-37(20)15-6-16-41-30-19-26-22(18-29(30)40-2)27(12-13-35-26)42-28-11-10-21(17-25(28)34)36-43(38,39)31-23(32)8-5-9-24(31)33/h5,8-13,17-20,36H,3-4,6-7,14-16H2,1-2H3. The molecule has 2 heterocycles. The quantitative estimate of drug-likeness (QED) is 0.184. The molecule has 1 aliphatic heterocycles. The SMILES string of the molecule is COc1cc2c(Oc3ccc(NS(=O)(=O)c4c(F)cccc4F)cc3F)ccnc2cc1OCCCN1CCCCC1C. The highest BCUT2D eigenvalue weighted by molar-refractivity contribution is 7.92. The van der Waals surface area contributed by atoms with Crippen LogP contribution in [0.15, 0.2) is 65.7 Å². The summed E-state index contributed by atoms with van der Waals surface area (Å²) in [5.41, 5.74) is 0.292. The topological polar surface area (TPSA) is 90.0 Å². The van der Waals surface area contributed by atoms with Gasteiger partial charge in [0.1, 0.15) is 17.4 Å². The Morgan fingerprint density at radius 3 is 2.47 bits per heavy atom. The molecule has 0 amide bonds. The fourth-order valence-electron chi connectivity index (χ4n) is 5.14. The second-order valence-electron chi connectivity index (χ2n) is 10.3. The van der Waals surface area contributed by atoms with Crippen molar-refractivity contribution in [1.29, 1.82) is 0 Å². The van der Waals surface area contributed by atoms with Gasteiger partial charge in [-0.15, -0.1) is 0 Å². The minimum atomic E-state index is -4.66. The van der Waals surface area contributed by atoms with E-state index in [0.717, 1.165) is 43.8 Å². The van der Waals surface area contributed by atoms with Gasteiger partial charge < -0.3 is 19.1 Å². The number of hydrogen-bond acceptors (Lipinski definition) is 7. The van der Waals surface area contributed by atoms with E-state index in [4.69, 9.17) is 14.2 Å². The number of piperidine rings is 1. The van der Waals surface area contributed by atoms with Crippen LogP contribution in [0.5, 0.6) is 23.0 Å². The molecule has 1 saturated heterocycles. The number of pyridine rings is 1. The molecule has 43 heavy (non-hydrogen) atoms. The van der Waals surface area contributed by atoms with E-state index in [9.17, 15) is 17.2 Å². The Kier molecular flexibility index (Phi) is 9.26. The molecule has 5 rings (SSSR count). The summed E-state index contributed by atoms with van der Waals surface area (Å²) in [5.74, 6) is -2.40. The molecule has 0 bridgehead atoms. The van der Waals surface area contributed by atoms with Crippen molar-refractivity contribution in [1.82, 2.24) is 9.88 Å². The first-order valence-corrected chi connectivity index (χ1v) is 15.4. The molecule has 1 aromatic heterocycles. The first kappa shape index (κ1) is 30.4. The van der Waals surface area contributed by atoms with Crippen LogP contribution in [0, 0.1) is 17.5 Å². The number of benzene rings is 3. The Labute approximate surface area is 248 Å². The second-order valence-corrected chi connectivity index (χ2v) is 11.9. The van der Waals surface area contributed by atoms with Crippen LogP contribution in [0.25, 0.3) is 10.9 Å². The zero-order valence-corrected chi connectivity index (χ0v) is 24.6. The smallest absolute Gasteiger partial charge is 0.267 e. The van der Waals surface area contributed by atoms with E-state index in [2.05, 4.69) is 16.8 Å². The van der Waals surface area contributed by atoms with Crippen LogP contribution < -0.4 is 18.9 Å². The zero-order valence-electron chi connectivity index (χ0n) is 23.8. The van der Waals surface area contributed by atoms with E-state index in [1.807, 2.05) is 4.72 Å². The van der Waals surface area contributed by atoms with Crippen molar-refractivity contribution in [2.75, 3.05) is 31.5 Å². The molecule has 12 heteroatoms. The maximum atomic E-state index is 15.0. The van der Waals surface area contributed by atoms with Gasteiger partial charge in [0, 0.05) is 36.3 Å². The molecular weight excluding hydrogens is 583 g/mol. The van der Waals surface area contributed by atoms with Gasteiger partial charge in [-0.1, -0.05) is 12.5 Å². The van der Waals surface area contributed by atoms with Gasteiger partial charge >= 0.3 is 0 Å². The van der Waals surface area contributed by atoms with Gasteiger partial charge in [0.05, 0.1) is 24.9 Å². The van der Waals surface area contributed by atoms with E-state index in [1.165, 1.54) is 44.7 Å². The van der Waals surface area contributed by atoms with Gasteiger partial charge in [-0.25, -0.2) is 21.6 Å². The molecule has 0 spiro atoms. The van der Waals surface area contributed by atoms with Crippen LogP contribution in [0.4, 0.5) is 18.9 Å². The maximum absolute atomic E-state index is 15.0. The summed E-state index contributed by atoms with van der Waals surface area (Å²) >= 11 is 0. The number of rotatable bonds is 11. The van der Waals surface area contributed by atoms with Gasteiger partial charge in [0.2, 0.25) is 0 Å². The first-order valence-electron chi connectivity index (χ1n) is 13.9. The van der Waals surface area contributed by atoms with E-state index < -0.39 is 32.4 Å². The average molecular weight is 616 g/mol. The Morgan fingerprint density at radius 1 is 0.953 bits per heavy atom. The number of sulfonamides is 1. The summed E-state index contributed by atoms with van der Waals surface area (Å²) in [6.07, 6.45) is 6.10. The highest BCUT2D eigenvalue weighted by Gasteiger charge is 2.24. The lowest BCUT2D eigenvalue weighted by Gasteiger charge is -2.33. The number of fused-ring (bicyclic) bond motifs is 1. The number of halogens is 3. The summed E-state index contributed by atoms with van der Waals surface area (Å²) in [4.78, 5) is 5.72. The molecular formula is C31H32F3N3O5S. The maximum Gasteiger partial charge on any atom is 0.267 e. The van der Waals surface area contributed by atoms with E-state index in [-0.39, 0.29) is 17.2 Å². The van der Waals surface area contributed by atoms with Crippen LogP contribution in [0.1, 0.15) is 32.6 Å². The van der Waals surface area contributed by atoms with Gasteiger partial charge in [0.25, 0.3) is 10.0 Å². The molecule has 1 N–H and O–H groups in total. The normalized spacial score (nSPS) is 15.8. The molecule has 0 saturated carbocycles. The number of anilines is 1. The third-order valence-electron chi connectivity index (χ3n) is 7.37. The third-order valence-corrected chi connectivity index (χ3v) is 8.80. The Balaban J connectivity index is 1.30. The van der Waals surface area contributed by atoms with Crippen molar-refractivity contribution in [2.45, 2.75) is 43.5 Å². The molecule has 1 atom stereocenters. The largest absolute Gasteiger partial charge is 0.493 e. The molecule has 1 unspecified atom stereocenters. The van der Waals surface area contributed by atoms with Crippen LogP contribution in [0.3, 0.4) is 0 Å². The number of hydrogen-bond donors (Lipinski definition) is 1. The van der Waals surface area contributed by atoms with Crippen LogP contribution in [-0.2, 0) is 10.0 Å². The van der Waals surface area contributed by atoms with Crippen molar-refractivity contribution in [3.63, 3.8) is 0 Å². The monoisotopic (exact) mass is 615 g/mol. The average Bonchev–Trinajstić information content (AvgIpc) is 2.97. The lowest BCUT2D eigenvalue weighted by Crippen LogP contribution is -2.38. The van der Waals surface area contributed by atoms with Crippen LogP contribution in [0.2, 0.25) is 0 Å². The molecule has 4 aromatic rings. The lowest BCUT2D eigenvalue weighted by molar-refractivity contribution is 0.148. The number of nitrogens with one attached hydrogen (secondary N) is 1. The Morgan fingerprint density at radius 2 is 1.74 bits per heavy atom. The zero-order chi connectivity index (χ0) is 30.6. The molecule has 8 nitrogen and oxygen atoms in total. The summed E-state index contributed by atoms with van der Waals surface area (Å²) in [7, 11) is -3.14. The summed E-state index contributed by atoms with van der Waals surface area (Å²) in [5, 5.41) is 0.535. The van der Waals surface area contributed by atoms with Crippen molar-refractivity contribution in [3.8, 4) is 23.0 Å². The predicted molar refractivity (Wildman–Crippen MR) is 157 cm³/mol. The fraction of sp³-hybridized carbons (Fsp3) is 0.323. The van der Waals surface area contributed by atoms with Gasteiger partial charge in [-0.05, 0) is 69.1 Å². The van der Waals surface area contributed by atoms with E-state index in [0.29, 0.717) is 35.1 Å². The van der Waals surface area contributed by atoms with Crippen LogP contribution in [-0.4, -0.2) is 51.1 Å². The fourth-order valence-corrected chi connectivity index (χ4v) is 6.33. The molecule has 0 aliphatic carbocycles. The van der Waals surface area contributed by atoms with Crippen molar-refractivity contribution in [3.05, 3.63) is 78.2 Å². The van der Waals surface area contributed by atoms with Gasteiger partial charge in [-0.3, -0.25) is 9.71 Å². The number of likely N-dealkylation sites (tertiary alicyclic amines) is 1. The first-order chi connectivity index (χ1) is 20.7. The number of aromatic nitrogens is 1. The minimum Gasteiger partial charge on any atom is -0.493 e. The van der Waals surface area contributed by atoms with Gasteiger partial charge in [0.15, 0.2) is 28.0 Å².